The molecule has 0 aliphatic rings. The van der Waals surface area contributed by atoms with Gasteiger partial charge in [0.1, 0.15) is 0 Å². The van der Waals surface area contributed by atoms with Crippen molar-refractivity contribution in [1.82, 2.24) is 4.31 Å². The second-order valence-electron chi connectivity index (χ2n) is 2.75. The zero-order chi connectivity index (χ0) is 14.3. The fraction of sp³-hybridized carbons (Fsp3) is 1.00. The van der Waals surface area contributed by atoms with Crippen LogP contribution in [-0.2, 0) is 19.9 Å². The third-order valence-electron chi connectivity index (χ3n) is 1.29. The van der Waals surface area contributed by atoms with E-state index in [-0.39, 0.29) is 4.31 Å². The molecule has 0 N–H and O–H groups in total. The summed E-state index contributed by atoms with van der Waals surface area (Å²) in [6.45, 7) is 0. The van der Waals surface area contributed by atoms with Crippen molar-refractivity contribution in [2.24, 2.45) is 3.77 Å². The maximum atomic E-state index is 12.2. The lowest BCUT2D eigenvalue weighted by molar-refractivity contribution is -0.0455. The van der Waals surface area contributed by atoms with Crippen LogP contribution >= 0.6 is 0 Å². The summed E-state index contributed by atoms with van der Waals surface area (Å²) in [5, 5.41) is 0. The first-order valence-corrected chi connectivity index (χ1v) is 6.40. The molecule has 5 nitrogen and oxygen atoms in total. The number of hydrogen-bond acceptors (Lipinski definition) is 3. The van der Waals surface area contributed by atoms with Gasteiger partial charge < -0.3 is 0 Å². The third kappa shape index (κ3) is 3.22. The first kappa shape index (κ1) is 16.4. The Morgan fingerprint density at radius 2 is 1.24 bits per heavy atom. The molecule has 0 amide bonds. The molecule has 0 aromatic carbocycles. The van der Waals surface area contributed by atoms with Crippen LogP contribution in [0.2, 0.25) is 0 Å². The van der Waals surface area contributed by atoms with E-state index in [2.05, 4.69) is 0 Å². The number of halogens is 6. The lowest BCUT2D eigenvalue weighted by atomic mass is 11.3. The summed E-state index contributed by atoms with van der Waals surface area (Å²) in [5.74, 6) is 0. The van der Waals surface area contributed by atoms with Crippen molar-refractivity contribution in [3.63, 3.8) is 0 Å². The van der Waals surface area contributed by atoms with Gasteiger partial charge in [0.05, 0.1) is 0 Å². The highest BCUT2D eigenvalue weighted by Gasteiger charge is 2.53. The van der Waals surface area contributed by atoms with E-state index in [1.54, 1.807) is 0 Å². The van der Waals surface area contributed by atoms with Crippen LogP contribution in [0.4, 0.5) is 26.3 Å². The van der Waals surface area contributed by atoms with Crippen LogP contribution in [-0.4, -0.2) is 42.0 Å². The molecule has 104 valence electrons. The molecule has 0 bridgehead atoms. The molecule has 17 heavy (non-hydrogen) atoms. The predicted molar refractivity (Wildman–Crippen MR) is 45.3 cm³/mol. The molecule has 1 atom stereocenters. The molecule has 0 radical (unpaired) electrons. The maximum Gasteiger partial charge on any atom is 0.519 e. The highest BCUT2D eigenvalue weighted by molar-refractivity contribution is 8.02. The van der Waals surface area contributed by atoms with Crippen LogP contribution in [0.5, 0.6) is 0 Å². The summed E-state index contributed by atoms with van der Waals surface area (Å²) in [6.07, 6.45) is 0. The lowest BCUT2D eigenvalue weighted by Crippen LogP contribution is -2.37. The Labute approximate surface area is 92.8 Å². The summed E-state index contributed by atoms with van der Waals surface area (Å²) in [7, 11) is -11.2. The van der Waals surface area contributed by atoms with E-state index in [1.807, 2.05) is 0 Å². The summed E-state index contributed by atoms with van der Waals surface area (Å²) in [4.78, 5) is 0. The average molecular weight is 308 g/mol. The molecule has 13 heteroatoms. The van der Waals surface area contributed by atoms with Crippen molar-refractivity contribution in [2.45, 2.75) is 11.0 Å². The van der Waals surface area contributed by atoms with Gasteiger partial charge in [0.15, 0.2) is 0 Å². The van der Waals surface area contributed by atoms with Gasteiger partial charge in [0, 0.05) is 14.1 Å². The quantitative estimate of drug-likeness (QED) is 0.722. The van der Waals surface area contributed by atoms with Crippen LogP contribution in [0.3, 0.4) is 0 Å². The molecular weight excluding hydrogens is 302 g/mol. The van der Waals surface area contributed by atoms with Crippen molar-refractivity contribution < 1.29 is 39.0 Å². The first-order chi connectivity index (χ1) is 7.15. The van der Waals surface area contributed by atoms with Crippen LogP contribution < -0.4 is 0 Å². The van der Waals surface area contributed by atoms with E-state index in [4.69, 9.17) is 0 Å². The van der Waals surface area contributed by atoms with Gasteiger partial charge in [-0.15, -0.1) is 0 Å². The second kappa shape index (κ2) is 4.28. The van der Waals surface area contributed by atoms with Crippen LogP contribution in [0.25, 0.3) is 0 Å². The molecule has 0 rings (SSSR count). The molecule has 0 fully saturated rings. The summed E-state index contributed by atoms with van der Waals surface area (Å²) < 4.78 is 105. The molecule has 0 saturated carbocycles. The van der Waals surface area contributed by atoms with Crippen LogP contribution in [0.15, 0.2) is 3.77 Å². The van der Waals surface area contributed by atoms with Crippen LogP contribution in [0.1, 0.15) is 0 Å². The van der Waals surface area contributed by atoms with Gasteiger partial charge in [0.2, 0.25) is 9.92 Å². The number of nitrogens with zero attached hydrogens (tertiary/aromatic N) is 2. The molecule has 0 spiro atoms. The zero-order valence-corrected chi connectivity index (χ0v) is 9.84. The molecule has 0 heterocycles. The van der Waals surface area contributed by atoms with Crippen molar-refractivity contribution in [3.8, 4) is 0 Å². The Morgan fingerprint density at radius 3 is 1.41 bits per heavy atom. The van der Waals surface area contributed by atoms with Gasteiger partial charge in [-0.2, -0.15) is 34.8 Å². The molecule has 0 aromatic rings. The molecular formula is C4H6F6N2O3S2. The highest BCUT2D eigenvalue weighted by atomic mass is 32.3. The fourth-order valence-corrected chi connectivity index (χ4v) is 3.18. The number of sulfonamides is 1. The highest BCUT2D eigenvalue weighted by Crippen LogP contribution is 2.32. The Balaban J connectivity index is 6.16. The third-order valence-corrected chi connectivity index (χ3v) is 5.06. The largest absolute Gasteiger partial charge is 0.519 e. The van der Waals surface area contributed by atoms with Crippen molar-refractivity contribution >= 4 is 19.9 Å². The monoisotopic (exact) mass is 308 g/mol. The van der Waals surface area contributed by atoms with Gasteiger partial charge in [-0.3, -0.25) is 0 Å². The Bertz CT molecular complexity index is 494. The van der Waals surface area contributed by atoms with Gasteiger partial charge in [-0.1, -0.05) is 3.77 Å². The number of rotatable bonds is 2. The standard InChI is InChI=1S/C4H6F6N2O3S2/c1-12(2)16(13,3(5,6)7)11-17(14,15)4(8,9)10/h1-2H3. The molecule has 0 aliphatic carbocycles. The fourth-order valence-electron chi connectivity index (χ4n) is 0.491. The smallest absolute Gasteiger partial charge is 0.223 e. The number of alkyl halides is 6. The average Bonchev–Trinajstić information content (AvgIpc) is 1.98. The molecule has 0 saturated heterocycles. The van der Waals surface area contributed by atoms with Crippen molar-refractivity contribution in [2.75, 3.05) is 14.1 Å². The minimum Gasteiger partial charge on any atom is -0.223 e. The van der Waals surface area contributed by atoms with Gasteiger partial charge >= 0.3 is 21.0 Å². The van der Waals surface area contributed by atoms with E-state index in [1.165, 1.54) is 3.77 Å². The molecule has 0 aliphatic heterocycles. The van der Waals surface area contributed by atoms with Crippen molar-refractivity contribution in [3.05, 3.63) is 0 Å². The van der Waals surface area contributed by atoms with E-state index in [0.717, 1.165) is 0 Å². The Hall–Kier alpha value is -0.560. The molecule has 0 aromatic heterocycles. The normalized spacial score (nSPS) is 17.9. The first-order valence-electron chi connectivity index (χ1n) is 3.48. The van der Waals surface area contributed by atoms with E-state index >= 15 is 0 Å². The van der Waals surface area contributed by atoms with E-state index in [0.29, 0.717) is 14.1 Å². The Kier molecular flexibility index (Phi) is 4.13. The topological polar surface area (TPSA) is 66.8 Å². The van der Waals surface area contributed by atoms with Gasteiger partial charge in [-0.25, -0.2) is 8.51 Å². The van der Waals surface area contributed by atoms with Crippen molar-refractivity contribution in [1.29, 1.82) is 0 Å². The predicted octanol–water partition coefficient (Wildman–Crippen LogP) is 1.30. The second-order valence-corrected chi connectivity index (χ2v) is 6.95. The summed E-state index contributed by atoms with van der Waals surface area (Å²) in [6, 6.07) is 0. The summed E-state index contributed by atoms with van der Waals surface area (Å²) in [5.41, 5.74) is -11.8. The minimum atomic E-state index is -6.50. The van der Waals surface area contributed by atoms with Gasteiger partial charge in [-0.05, 0) is 0 Å². The zero-order valence-electron chi connectivity index (χ0n) is 8.20. The Morgan fingerprint density at radius 1 is 0.882 bits per heavy atom. The SMILES string of the molecule is CN(C)S(=O)(=NS(=O)(=O)C(F)(F)F)C(F)(F)F. The van der Waals surface area contributed by atoms with E-state index < -0.39 is 31.0 Å². The van der Waals surface area contributed by atoms with Gasteiger partial charge in [0.25, 0.3) is 0 Å². The summed E-state index contributed by atoms with van der Waals surface area (Å²) >= 11 is 0. The molecule has 1 unspecified atom stereocenters. The van der Waals surface area contributed by atoms with E-state index in [9.17, 15) is 39.0 Å². The minimum absolute atomic E-state index is 0.240. The lowest BCUT2D eigenvalue weighted by Gasteiger charge is -2.19. The maximum absolute atomic E-state index is 12.2. The van der Waals surface area contributed by atoms with Crippen LogP contribution in [0, 0.1) is 0 Å². The number of hydrogen-bond donors (Lipinski definition) is 0.